The maximum Gasteiger partial charge on any atom is 0.258 e. The maximum atomic E-state index is 10.7. The Bertz CT molecular complexity index is 858. The van der Waals surface area contributed by atoms with Gasteiger partial charge in [0.05, 0.1) is 32.8 Å². The minimum Gasteiger partial charge on any atom is -0.228 e. The van der Waals surface area contributed by atoms with Crippen molar-refractivity contribution >= 4 is 49.4 Å². The molecular formula is C8H12ClNO8S4. The molecule has 9 nitrogen and oxygen atoms in total. The molecule has 0 bridgehead atoms. The minimum absolute atomic E-state index is 0.197. The highest BCUT2D eigenvalue weighted by atomic mass is 35.7. The highest BCUT2D eigenvalue weighted by Crippen LogP contribution is 2.20. The first-order valence-electron chi connectivity index (χ1n) is 5.39. The van der Waals surface area contributed by atoms with Crippen LogP contribution < -0.4 is 5.14 Å². The van der Waals surface area contributed by atoms with Gasteiger partial charge in [-0.15, -0.1) is 0 Å². The topological polar surface area (TPSA) is 163 Å². The van der Waals surface area contributed by atoms with E-state index in [4.69, 9.17) is 15.8 Å². The van der Waals surface area contributed by atoms with Crippen molar-refractivity contribution in [2.45, 2.75) is 0 Å². The fraction of sp³-hybridized carbons (Fsp3) is 0.500. The first-order chi connectivity index (χ1) is 9.62. The highest BCUT2D eigenvalue weighted by molar-refractivity contribution is 8.17. The lowest BCUT2D eigenvalue weighted by Crippen LogP contribution is -2.17. The lowest BCUT2D eigenvalue weighted by molar-refractivity contribution is 0.597. The molecule has 2 aliphatic heterocycles. The summed E-state index contributed by atoms with van der Waals surface area (Å²) in [5.41, 5.74) is 0. The van der Waals surface area contributed by atoms with Gasteiger partial charge in [0.25, 0.3) is 9.05 Å². The van der Waals surface area contributed by atoms with Crippen molar-refractivity contribution in [3.63, 3.8) is 0 Å². The van der Waals surface area contributed by atoms with Crippen molar-refractivity contribution in [1.82, 2.24) is 0 Å². The van der Waals surface area contributed by atoms with Gasteiger partial charge in [0.1, 0.15) is 0 Å². The summed E-state index contributed by atoms with van der Waals surface area (Å²) in [5, 5.41) is 4.70. The zero-order valence-electron chi connectivity index (χ0n) is 10.8. The van der Waals surface area contributed by atoms with E-state index >= 15 is 0 Å². The quantitative estimate of drug-likeness (QED) is 0.532. The summed E-state index contributed by atoms with van der Waals surface area (Å²) < 4.78 is 85.1. The van der Waals surface area contributed by atoms with E-state index in [9.17, 15) is 33.7 Å². The Labute approximate surface area is 133 Å². The summed E-state index contributed by atoms with van der Waals surface area (Å²) >= 11 is 0. The molecule has 2 heterocycles. The van der Waals surface area contributed by atoms with E-state index in [1.165, 1.54) is 0 Å². The van der Waals surface area contributed by atoms with E-state index in [1.54, 1.807) is 0 Å². The normalized spacial score (nSPS) is 23.2. The van der Waals surface area contributed by atoms with E-state index in [1.807, 2.05) is 0 Å². The molecule has 0 radical (unpaired) electrons. The Kier molecular flexibility index (Phi) is 5.52. The molecule has 2 rings (SSSR count). The zero-order valence-corrected chi connectivity index (χ0v) is 14.9. The number of hydrogen-bond acceptors (Lipinski definition) is 8. The molecule has 0 fully saturated rings. The largest absolute Gasteiger partial charge is 0.258 e. The number of nitrogens with two attached hydrogens (primary N) is 1. The van der Waals surface area contributed by atoms with Crippen LogP contribution in [0.15, 0.2) is 22.0 Å². The fourth-order valence-corrected chi connectivity index (χ4v) is 7.42. The third kappa shape index (κ3) is 5.96. The number of rotatable bonds is 2. The third-order valence-electron chi connectivity index (χ3n) is 2.53. The second kappa shape index (κ2) is 6.20. The van der Waals surface area contributed by atoms with Gasteiger partial charge in [-0.05, 0) is 0 Å². The monoisotopic (exact) mass is 413 g/mol. The van der Waals surface area contributed by atoms with E-state index in [2.05, 4.69) is 0 Å². The van der Waals surface area contributed by atoms with Crippen LogP contribution in [0.25, 0.3) is 0 Å². The summed E-state index contributed by atoms with van der Waals surface area (Å²) in [6.07, 6.45) is 2.25. The molecule has 0 aromatic carbocycles. The molecule has 0 amide bonds. The molecule has 2 aliphatic rings. The van der Waals surface area contributed by atoms with Gasteiger partial charge < -0.3 is 0 Å². The van der Waals surface area contributed by atoms with Crippen molar-refractivity contribution in [2.75, 3.05) is 23.0 Å². The standard InChI is InChI=1S/C4H5ClO4S2.C4H7NO4S2/c2*5-11(8,9)4-1-2-10(6,7)3-4/h1H,2-3H2;1H,2-3H2,(H2,5,8,9). The summed E-state index contributed by atoms with van der Waals surface area (Å²) in [6.45, 7) is 0. The van der Waals surface area contributed by atoms with E-state index in [0.29, 0.717) is 0 Å². The average Bonchev–Trinajstić information content (AvgIpc) is 2.80. The van der Waals surface area contributed by atoms with Crippen molar-refractivity contribution in [1.29, 1.82) is 0 Å². The second-order valence-corrected chi connectivity index (χ2v) is 12.9. The number of primary sulfonamides is 1. The summed E-state index contributed by atoms with van der Waals surface area (Å²) in [7, 11) is -9.17. The Hall–Kier alpha value is -0.470. The molecule has 0 saturated heterocycles. The van der Waals surface area contributed by atoms with Crippen LogP contribution in [0, 0.1) is 0 Å². The van der Waals surface area contributed by atoms with Gasteiger partial charge in [0, 0.05) is 10.7 Å². The summed E-state index contributed by atoms with van der Waals surface area (Å²) in [6, 6.07) is 0. The predicted octanol–water partition coefficient (Wildman–Crippen LogP) is -1.55. The molecule has 14 heteroatoms. The van der Waals surface area contributed by atoms with Gasteiger partial charge in [-0.2, -0.15) is 0 Å². The second-order valence-electron chi connectivity index (χ2n) is 4.43. The van der Waals surface area contributed by atoms with Crippen LogP contribution in [0.1, 0.15) is 0 Å². The predicted molar refractivity (Wildman–Crippen MR) is 81.4 cm³/mol. The van der Waals surface area contributed by atoms with E-state index < -0.39 is 50.3 Å². The van der Waals surface area contributed by atoms with Crippen LogP contribution in [0.3, 0.4) is 0 Å². The van der Waals surface area contributed by atoms with Crippen LogP contribution in [0.2, 0.25) is 0 Å². The average molecular weight is 414 g/mol. The molecule has 0 aromatic rings. The van der Waals surface area contributed by atoms with Crippen LogP contribution in [-0.2, 0) is 38.7 Å². The van der Waals surface area contributed by atoms with Gasteiger partial charge in [0.2, 0.25) is 10.0 Å². The molecule has 2 N–H and O–H groups in total. The minimum atomic E-state index is -3.82. The van der Waals surface area contributed by atoms with Crippen LogP contribution in [0.5, 0.6) is 0 Å². The van der Waals surface area contributed by atoms with Gasteiger partial charge in [-0.1, -0.05) is 12.2 Å². The Morgan fingerprint density at radius 2 is 1.23 bits per heavy atom. The fourth-order valence-electron chi connectivity index (χ4n) is 1.48. The number of hydrogen-bond donors (Lipinski definition) is 1. The first kappa shape index (κ1) is 19.6. The molecular weight excluding hydrogens is 402 g/mol. The molecule has 0 unspecified atom stereocenters. The Balaban J connectivity index is 0.000000220. The Morgan fingerprint density at radius 1 is 0.864 bits per heavy atom. The molecule has 22 heavy (non-hydrogen) atoms. The Morgan fingerprint density at radius 3 is 1.36 bits per heavy atom. The maximum absolute atomic E-state index is 10.7. The third-order valence-corrected chi connectivity index (χ3v) is 8.32. The van der Waals surface area contributed by atoms with E-state index in [-0.39, 0.29) is 21.3 Å². The molecule has 0 saturated carbocycles. The first-order valence-corrected chi connectivity index (χ1v) is 12.9. The highest BCUT2D eigenvalue weighted by Gasteiger charge is 2.27. The lowest BCUT2D eigenvalue weighted by Gasteiger charge is -1.94. The zero-order chi connectivity index (χ0) is 17.4. The van der Waals surface area contributed by atoms with Gasteiger partial charge in [-0.3, -0.25) is 0 Å². The molecule has 0 aromatic heterocycles. The van der Waals surface area contributed by atoms with Crippen molar-refractivity contribution in [2.24, 2.45) is 5.14 Å². The number of sulfonamides is 1. The molecule has 0 atom stereocenters. The van der Waals surface area contributed by atoms with Crippen molar-refractivity contribution in [3.05, 3.63) is 22.0 Å². The van der Waals surface area contributed by atoms with Crippen LogP contribution in [-0.4, -0.2) is 56.7 Å². The van der Waals surface area contributed by atoms with E-state index in [0.717, 1.165) is 12.2 Å². The van der Waals surface area contributed by atoms with Gasteiger partial charge in [0.15, 0.2) is 19.7 Å². The number of halogens is 1. The SMILES string of the molecule is NS(=O)(=O)C1=CCS(=O)(=O)C1.O=S1(=O)CC=C(S(=O)(=O)Cl)C1. The molecule has 128 valence electrons. The molecule has 0 spiro atoms. The van der Waals surface area contributed by atoms with Crippen LogP contribution >= 0.6 is 10.7 Å². The summed E-state index contributed by atoms with van der Waals surface area (Å²) in [5.74, 6) is -1.36. The van der Waals surface area contributed by atoms with Crippen molar-refractivity contribution in [3.8, 4) is 0 Å². The molecule has 0 aliphatic carbocycles. The smallest absolute Gasteiger partial charge is 0.228 e. The number of sulfone groups is 2. The lowest BCUT2D eigenvalue weighted by atomic mass is 10.6. The summed E-state index contributed by atoms with van der Waals surface area (Å²) in [4.78, 5) is -0.406. The van der Waals surface area contributed by atoms with Crippen LogP contribution in [0.4, 0.5) is 0 Å². The van der Waals surface area contributed by atoms with Crippen molar-refractivity contribution < 1.29 is 33.7 Å². The van der Waals surface area contributed by atoms with Gasteiger partial charge >= 0.3 is 0 Å². The van der Waals surface area contributed by atoms with Gasteiger partial charge in [-0.25, -0.2) is 38.8 Å².